The van der Waals surface area contributed by atoms with Crippen molar-refractivity contribution in [1.82, 2.24) is 4.90 Å². The van der Waals surface area contributed by atoms with Gasteiger partial charge in [-0.2, -0.15) is 0 Å². The second-order valence-electron chi connectivity index (χ2n) is 8.34. The van der Waals surface area contributed by atoms with E-state index in [-0.39, 0.29) is 18.1 Å². The third-order valence-corrected chi connectivity index (χ3v) is 6.24. The van der Waals surface area contributed by atoms with Crippen LogP contribution in [0.5, 0.6) is 0 Å². The van der Waals surface area contributed by atoms with Crippen molar-refractivity contribution in [2.75, 3.05) is 6.61 Å². The van der Waals surface area contributed by atoms with E-state index in [1.54, 1.807) is 0 Å². The lowest BCUT2D eigenvalue weighted by atomic mass is 9.92. The Kier molecular flexibility index (Phi) is 7.54. The van der Waals surface area contributed by atoms with Gasteiger partial charge in [0.05, 0.1) is 13.0 Å². The topological polar surface area (TPSA) is 29.5 Å². The smallest absolute Gasteiger partial charge is 0.307 e. The van der Waals surface area contributed by atoms with E-state index in [9.17, 15) is 4.79 Å². The van der Waals surface area contributed by atoms with Crippen LogP contribution in [0, 0.1) is 0 Å². The summed E-state index contributed by atoms with van der Waals surface area (Å²) in [7, 11) is 0. The van der Waals surface area contributed by atoms with Gasteiger partial charge in [0.15, 0.2) is 0 Å². The first-order chi connectivity index (χ1) is 16.2. The van der Waals surface area contributed by atoms with Gasteiger partial charge in [-0.1, -0.05) is 103 Å². The van der Waals surface area contributed by atoms with Crippen LogP contribution >= 0.6 is 0 Å². The summed E-state index contributed by atoms with van der Waals surface area (Å²) >= 11 is 0. The van der Waals surface area contributed by atoms with Gasteiger partial charge in [-0.05, 0) is 41.3 Å². The molecule has 4 aromatic rings. The zero-order chi connectivity index (χ0) is 23.0. The molecule has 3 nitrogen and oxygen atoms in total. The normalized spacial score (nSPS) is 13.1. The van der Waals surface area contributed by atoms with Crippen LogP contribution in [-0.2, 0) is 16.1 Å². The minimum Gasteiger partial charge on any atom is -0.466 e. The molecule has 0 bridgehead atoms. The number of carbonyl (C=O) groups excluding carboxylic acids is 1. The third-order valence-electron chi connectivity index (χ3n) is 6.24. The first kappa shape index (κ1) is 22.8. The molecule has 0 saturated carbocycles. The number of fused-ring (bicyclic) bond motifs is 1. The first-order valence-corrected chi connectivity index (χ1v) is 11.6. The number of benzene rings is 4. The monoisotopic (exact) mass is 437 g/mol. The average molecular weight is 438 g/mol. The van der Waals surface area contributed by atoms with Crippen molar-refractivity contribution < 1.29 is 9.53 Å². The quantitative estimate of drug-likeness (QED) is 0.262. The third kappa shape index (κ3) is 5.50. The summed E-state index contributed by atoms with van der Waals surface area (Å²) in [5.41, 5.74) is 3.59. The first-order valence-electron chi connectivity index (χ1n) is 11.6. The Balaban J connectivity index is 1.83. The van der Waals surface area contributed by atoms with Gasteiger partial charge in [0.25, 0.3) is 0 Å². The molecule has 0 amide bonds. The molecule has 0 spiro atoms. The summed E-state index contributed by atoms with van der Waals surface area (Å²) in [4.78, 5) is 15.3. The zero-order valence-electron chi connectivity index (χ0n) is 19.4. The van der Waals surface area contributed by atoms with Gasteiger partial charge in [0.1, 0.15) is 0 Å². The Hall–Kier alpha value is -3.43. The van der Waals surface area contributed by atoms with E-state index in [1.165, 1.54) is 21.9 Å². The van der Waals surface area contributed by atoms with Crippen LogP contribution in [0.1, 0.15) is 49.0 Å². The van der Waals surface area contributed by atoms with Gasteiger partial charge in [0, 0.05) is 18.6 Å². The van der Waals surface area contributed by atoms with Crippen LogP contribution in [0.25, 0.3) is 10.8 Å². The summed E-state index contributed by atoms with van der Waals surface area (Å²) in [5.74, 6) is -0.172. The molecule has 0 aliphatic heterocycles. The van der Waals surface area contributed by atoms with E-state index in [4.69, 9.17) is 4.74 Å². The molecule has 0 aliphatic rings. The Morgan fingerprint density at radius 1 is 0.818 bits per heavy atom. The lowest BCUT2D eigenvalue weighted by molar-refractivity contribution is -0.145. The molecule has 168 valence electrons. The van der Waals surface area contributed by atoms with Crippen molar-refractivity contribution in [3.05, 3.63) is 120 Å². The van der Waals surface area contributed by atoms with Gasteiger partial charge in [-0.3, -0.25) is 9.69 Å². The van der Waals surface area contributed by atoms with E-state index in [0.29, 0.717) is 13.0 Å². The van der Waals surface area contributed by atoms with E-state index >= 15 is 0 Å². The Labute approximate surface area is 196 Å². The standard InChI is InChI=1S/C30H31NO2/c1-3-33-30(32)21-29(28-20-12-18-26-17-10-11-19-27(26)28)31(22-24-13-6-4-7-14-24)23(2)25-15-8-5-9-16-25/h4-20,23,29H,3,21-22H2,1-2H3/t23-,29+/m1/s1. The highest BCUT2D eigenvalue weighted by atomic mass is 16.5. The van der Waals surface area contributed by atoms with Crippen LogP contribution < -0.4 is 0 Å². The van der Waals surface area contributed by atoms with Crippen molar-refractivity contribution in [2.45, 2.75) is 38.9 Å². The van der Waals surface area contributed by atoms with Gasteiger partial charge in [0.2, 0.25) is 0 Å². The highest BCUT2D eigenvalue weighted by Gasteiger charge is 2.30. The van der Waals surface area contributed by atoms with Crippen molar-refractivity contribution >= 4 is 16.7 Å². The van der Waals surface area contributed by atoms with Gasteiger partial charge in [-0.15, -0.1) is 0 Å². The van der Waals surface area contributed by atoms with Crippen LogP contribution in [0.2, 0.25) is 0 Å². The molecule has 0 aromatic heterocycles. The number of carbonyl (C=O) groups is 1. The lowest BCUT2D eigenvalue weighted by Gasteiger charge is -2.37. The van der Waals surface area contributed by atoms with Crippen LogP contribution in [0.15, 0.2) is 103 Å². The zero-order valence-corrected chi connectivity index (χ0v) is 19.4. The average Bonchev–Trinajstić information content (AvgIpc) is 2.87. The fourth-order valence-electron chi connectivity index (χ4n) is 4.56. The number of nitrogens with zero attached hydrogens (tertiary/aromatic N) is 1. The van der Waals surface area contributed by atoms with Crippen molar-refractivity contribution in [1.29, 1.82) is 0 Å². The molecule has 0 fully saturated rings. The fraction of sp³-hybridized carbons (Fsp3) is 0.233. The molecule has 3 heteroatoms. The van der Waals surface area contributed by atoms with Crippen molar-refractivity contribution in [3.63, 3.8) is 0 Å². The predicted molar refractivity (Wildman–Crippen MR) is 135 cm³/mol. The van der Waals surface area contributed by atoms with Crippen molar-refractivity contribution in [2.24, 2.45) is 0 Å². The minimum atomic E-state index is -0.172. The predicted octanol–water partition coefficient (Wildman–Crippen LogP) is 7.10. The Bertz CT molecular complexity index is 1170. The highest BCUT2D eigenvalue weighted by Crippen LogP contribution is 2.37. The number of rotatable bonds is 9. The number of ether oxygens (including phenoxy) is 1. The van der Waals surface area contributed by atoms with E-state index in [2.05, 4.69) is 103 Å². The van der Waals surface area contributed by atoms with Crippen LogP contribution in [0.4, 0.5) is 0 Å². The summed E-state index contributed by atoms with van der Waals surface area (Å²) in [5, 5.41) is 2.35. The van der Waals surface area contributed by atoms with Crippen molar-refractivity contribution in [3.8, 4) is 0 Å². The molecule has 0 saturated heterocycles. The summed E-state index contributed by atoms with van der Waals surface area (Å²) < 4.78 is 5.43. The number of esters is 1. The maximum absolute atomic E-state index is 12.8. The molecule has 0 heterocycles. The molecule has 0 aliphatic carbocycles. The van der Waals surface area contributed by atoms with Gasteiger partial charge >= 0.3 is 5.97 Å². The second-order valence-corrected chi connectivity index (χ2v) is 8.34. The fourth-order valence-corrected chi connectivity index (χ4v) is 4.56. The maximum Gasteiger partial charge on any atom is 0.307 e. The molecule has 2 atom stereocenters. The Morgan fingerprint density at radius 2 is 1.45 bits per heavy atom. The lowest BCUT2D eigenvalue weighted by Crippen LogP contribution is -2.33. The molecule has 4 aromatic carbocycles. The SMILES string of the molecule is CCOC(=O)C[C@@H](c1cccc2ccccc12)N(Cc1ccccc1)[C@H](C)c1ccccc1. The molecular weight excluding hydrogens is 406 g/mol. The number of hydrogen-bond donors (Lipinski definition) is 0. The van der Waals surface area contributed by atoms with E-state index < -0.39 is 0 Å². The van der Waals surface area contributed by atoms with Gasteiger partial charge in [-0.25, -0.2) is 0 Å². The summed E-state index contributed by atoms with van der Waals surface area (Å²) in [6.45, 7) is 5.19. The summed E-state index contributed by atoms with van der Waals surface area (Å²) in [6.07, 6.45) is 0.297. The minimum absolute atomic E-state index is 0.102. The largest absolute Gasteiger partial charge is 0.466 e. The van der Waals surface area contributed by atoms with Gasteiger partial charge < -0.3 is 4.74 Å². The van der Waals surface area contributed by atoms with Crippen LogP contribution in [0.3, 0.4) is 0 Å². The highest BCUT2D eigenvalue weighted by molar-refractivity contribution is 5.86. The molecule has 33 heavy (non-hydrogen) atoms. The Morgan fingerprint density at radius 3 is 2.18 bits per heavy atom. The molecular formula is C30H31NO2. The van der Waals surface area contributed by atoms with E-state index in [0.717, 1.165) is 12.1 Å². The molecule has 4 rings (SSSR count). The van der Waals surface area contributed by atoms with E-state index in [1.807, 2.05) is 19.1 Å². The maximum atomic E-state index is 12.8. The second kappa shape index (κ2) is 10.9. The number of hydrogen-bond acceptors (Lipinski definition) is 3. The summed E-state index contributed by atoms with van der Waals surface area (Å²) in [6, 6.07) is 35.7. The molecule has 0 radical (unpaired) electrons. The molecule has 0 N–H and O–H groups in total. The molecule has 0 unspecified atom stereocenters. The van der Waals surface area contributed by atoms with Crippen LogP contribution in [-0.4, -0.2) is 17.5 Å².